The molecule has 0 aromatic heterocycles. The molecule has 3 rings (SSSR count). The molecule has 0 saturated heterocycles. The van der Waals surface area contributed by atoms with E-state index in [-0.39, 0.29) is 17.0 Å². The minimum Gasteiger partial charge on any atom is -0.348 e. The number of para-hydroxylation sites is 1. The number of anilines is 1. The Labute approximate surface area is 156 Å². The van der Waals surface area contributed by atoms with Gasteiger partial charge in [-0.25, -0.2) is 12.8 Å². The van der Waals surface area contributed by atoms with Crippen LogP contribution < -0.4 is 10.0 Å². The fourth-order valence-corrected chi connectivity index (χ4v) is 3.48. The molecule has 0 heterocycles. The van der Waals surface area contributed by atoms with Gasteiger partial charge in [-0.2, -0.15) is 0 Å². The SMILES string of the molecule is O=C(NCc1ccccc1F)c1ccc(S(=O)(=O)Nc2ccccc2)cc1. The summed E-state index contributed by atoms with van der Waals surface area (Å²) in [5.41, 5.74) is 1.10. The van der Waals surface area contributed by atoms with Gasteiger partial charge in [-0.05, 0) is 42.5 Å². The maximum atomic E-state index is 13.6. The molecule has 0 fully saturated rings. The van der Waals surface area contributed by atoms with E-state index in [1.807, 2.05) is 0 Å². The summed E-state index contributed by atoms with van der Waals surface area (Å²) in [6, 6.07) is 20.2. The van der Waals surface area contributed by atoms with Crippen molar-refractivity contribution in [1.82, 2.24) is 5.32 Å². The highest BCUT2D eigenvalue weighted by Gasteiger charge is 2.15. The normalized spacial score (nSPS) is 11.0. The summed E-state index contributed by atoms with van der Waals surface area (Å²) in [5.74, 6) is -0.815. The molecule has 27 heavy (non-hydrogen) atoms. The van der Waals surface area contributed by atoms with Crippen LogP contribution in [-0.2, 0) is 16.6 Å². The summed E-state index contributed by atoms with van der Waals surface area (Å²) in [4.78, 5) is 12.2. The van der Waals surface area contributed by atoms with Gasteiger partial charge in [-0.1, -0.05) is 36.4 Å². The topological polar surface area (TPSA) is 75.3 Å². The number of hydrogen-bond donors (Lipinski definition) is 2. The average Bonchev–Trinajstić information content (AvgIpc) is 2.68. The summed E-state index contributed by atoms with van der Waals surface area (Å²) in [5, 5.41) is 2.61. The van der Waals surface area contributed by atoms with Crippen LogP contribution in [0.15, 0.2) is 83.8 Å². The molecule has 0 radical (unpaired) electrons. The van der Waals surface area contributed by atoms with Gasteiger partial charge < -0.3 is 5.32 Å². The Morgan fingerprint density at radius 3 is 2.15 bits per heavy atom. The van der Waals surface area contributed by atoms with Gasteiger partial charge in [-0.3, -0.25) is 9.52 Å². The highest BCUT2D eigenvalue weighted by Crippen LogP contribution is 2.16. The standard InChI is InChI=1S/C20H17FN2O3S/c21-19-9-5-4-6-16(19)14-22-20(24)15-10-12-18(13-11-15)27(25,26)23-17-7-2-1-3-8-17/h1-13,23H,14H2,(H,22,24). The Morgan fingerprint density at radius 1 is 0.852 bits per heavy atom. The van der Waals surface area contributed by atoms with Crippen molar-refractivity contribution in [2.45, 2.75) is 11.4 Å². The first-order chi connectivity index (χ1) is 13.0. The van der Waals surface area contributed by atoms with Crippen LogP contribution in [-0.4, -0.2) is 14.3 Å². The third kappa shape index (κ3) is 4.71. The largest absolute Gasteiger partial charge is 0.348 e. The number of rotatable bonds is 6. The lowest BCUT2D eigenvalue weighted by molar-refractivity contribution is 0.0950. The maximum absolute atomic E-state index is 13.6. The van der Waals surface area contributed by atoms with Gasteiger partial charge in [0.2, 0.25) is 0 Å². The third-order valence-electron chi connectivity index (χ3n) is 3.85. The van der Waals surface area contributed by atoms with Crippen LogP contribution in [0.4, 0.5) is 10.1 Å². The quantitative estimate of drug-likeness (QED) is 0.682. The van der Waals surface area contributed by atoms with Gasteiger partial charge in [0.05, 0.1) is 4.90 Å². The van der Waals surface area contributed by atoms with Gasteiger partial charge in [0.15, 0.2) is 0 Å². The molecule has 1 amide bonds. The van der Waals surface area contributed by atoms with E-state index >= 15 is 0 Å². The van der Waals surface area contributed by atoms with Crippen molar-refractivity contribution >= 4 is 21.6 Å². The second-order valence-electron chi connectivity index (χ2n) is 5.77. The Balaban J connectivity index is 1.67. The first-order valence-corrected chi connectivity index (χ1v) is 9.63. The van der Waals surface area contributed by atoms with Crippen LogP contribution in [0.2, 0.25) is 0 Å². The van der Waals surface area contributed by atoms with E-state index in [9.17, 15) is 17.6 Å². The lowest BCUT2D eigenvalue weighted by atomic mass is 10.2. The molecule has 0 aliphatic carbocycles. The van der Waals surface area contributed by atoms with Crippen molar-refractivity contribution in [2.75, 3.05) is 4.72 Å². The average molecular weight is 384 g/mol. The zero-order chi connectivity index (χ0) is 19.3. The smallest absolute Gasteiger partial charge is 0.261 e. The number of sulfonamides is 1. The molecule has 3 aromatic rings. The Hall–Kier alpha value is -3.19. The van der Waals surface area contributed by atoms with Crippen molar-refractivity contribution in [3.05, 3.63) is 95.8 Å². The second kappa shape index (κ2) is 8.01. The second-order valence-corrected chi connectivity index (χ2v) is 7.45. The molecule has 0 spiro atoms. The van der Waals surface area contributed by atoms with Crippen molar-refractivity contribution < 1.29 is 17.6 Å². The number of nitrogens with one attached hydrogen (secondary N) is 2. The van der Waals surface area contributed by atoms with E-state index in [4.69, 9.17) is 0 Å². The lowest BCUT2D eigenvalue weighted by Gasteiger charge is -2.09. The number of hydrogen-bond acceptors (Lipinski definition) is 3. The fourth-order valence-electron chi connectivity index (χ4n) is 2.43. The first kappa shape index (κ1) is 18.6. The van der Waals surface area contributed by atoms with Crippen LogP contribution in [0.1, 0.15) is 15.9 Å². The fraction of sp³-hybridized carbons (Fsp3) is 0.0500. The summed E-state index contributed by atoms with van der Waals surface area (Å²) in [6.45, 7) is 0.0428. The molecule has 3 aromatic carbocycles. The predicted octanol–water partition coefficient (Wildman–Crippen LogP) is 3.56. The lowest BCUT2D eigenvalue weighted by Crippen LogP contribution is -2.23. The van der Waals surface area contributed by atoms with E-state index in [1.54, 1.807) is 48.5 Å². The predicted molar refractivity (Wildman–Crippen MR) is 101 cm³/mol. The van der Waals surface area contributed by atoms with Gasteiger partial charge in [0.1, 0.15) is 5.82 Å². The summed E-state index contributed by atoms with van der Waals surface area (Å²) in [7, 11) is -3.75. The maximum Gasteiger partial charge on any atom is 0.261 e. The van der Waals surface area contributed by atoms with E-state index < -0.39 is 21.7 Å². The molecule has 138 valence electrons. The Morgan fingerprint density at radius 2 is 1.48 bits per heavy atom. The van der Waals surface area contributed by atoms with Crippen molar-refractivity contribution in [3.8, 4) is 0 Å². The van der Waals surface area contributed by atoms with E-state index in [0.717, 1.165) is 0 Å². The van der Waals surface area contributed by atoms with E-state index in [2.05, 4.69) is 10.0 Å². The van der Waals surface area contributed by atoms with Crippen molar-refractivity contribution in [2.24, 2.45) is 0 Å². The summed E-state index contributed by atoms with van der Waals surface area (Å²) in [6.07, 6.45) is 0. The molecule has 0 saturated carbocycles. The van der Waals surface area contributed by atoms with Crippen LogP contribution in [0.5, 0.6) is 0 Å². The molecule has 0 aliphatic heterocycles. The highest BCUT2D eigenvalue weighted by atomic mass is 32.2. The molecule has 7 heteroatoms. The highest BCUT2D eigenvalue weighted by molar-refractivity contribution is 7.92. The van der Waals surface area contributed by atoms with Crippen LogP contribution >= 0.6 is 0 Å². The molecule has 0 bridgehead atoms. The van der Waals surface area contributed by atoms with Crippen LogP contribution in [0, 0.1) is 5.82 Å². The molecule has 5 nitrogen and oxygen atoms in total. The number of benzene rings is 3. The van der Waals surface area contributed by atoms with Gasteiger partial charge >= 0.3 is 0 Å². The molecule has 0 atom stereocenters. The molecular weight excluding hydrogens is 367 g/mol. The van der Waals surface area contributed by atoms with Crippen LogP contribution in [0.3, 0.4) is 0 Å². The summed E-state index contributed by atoms with van der Waals surface area (Å²) >= 11 is 0. The van der Waals surface area contributed by atoms with Crippen LogP contribution in [0.25, 0.3) is 0 Å². The zero-order valence-corrected chi connectivity index (χ0v) is 15.0. The number of halogens is 1. The van der Waals surface area contributed by atoms with Crippen molar-refractivity contribution in [1.29, 1.82) is 0 Å². The minimum atomic E-state index is -3.75. The molecule has 0 aliphatic rings. The Kier molecular flexibility index (Phi) is 5.52. The third-order valence-corrected chi connectivity index (χ3v) is 5.25. The minimum absolute atomic E-state index is 0.0389. The van der Waals surface area contributed by atoms with Gasteiger partial charge in [0.25, 0.3) is 15.9 Å². The molecule has 0 unspecified atom stereocenters. The Bertz CT molecular complexity index is 1040. The zero-order valence-electron chi connectivity index (χ0n) is 14.2. The van der Waals surface area contributed by atoms with E-state index in [0.29, 0.717) is 11.3 Å². The van der Waals surface area contributed by atoms with Crippen molar-refractivity contribution in [3.63, 3.8) is 0 Å². The number of carbonyl (C=O) groups excluding carboxylic acids is 1. The van der Waals surface area contributed by atoms with Gasteiger partial charge in [-0.15, -0.1) is 0 Å². The number of carbonyl (C=O) groups is 1. The monoisotopic (exact) mass is 384 g/mol. The number of amides is 1. The summed E-state index contributed by atoms with van der Waals surface area (Å²) < 4.78 is 40.8. The molecular formula is C20H17FN2O3S. The van der Waals surface area contributed by atoms with E-state index in [1.165, 1.54) is 30.3 Å². The first-order valence-electron chi connectivity index (χ1n) is 8.15. The van der Waals surface area contributed by atoms with Gasteiger partial charge in [0, 0.05) is 23.4 Å². The molecule has 2 N–H and O–H groups in total.